The molecule has 0 radical (unpaired) electrons. The highest BCUT2D eigenvalue weighted by Gasteiger charge is 2.33. The number of nitrogens with zero attached hydrogens (tertiary/aromatic N) is 1. The molecular formula is C20H22BrN3O2. The van der Waals surface area contributed by atoms with E-state index < -0.39 is 12.1 Å². The minimum absolute atomic E-state index is 0.0232. The zero-order valence-electron chi connectivity index (χ0n) is 14.4. The summed E-state index contributed by atoms with van der Waals surface area (Å²) >= 11 is 3.43. The van der Waals surface area contributed by atoms with Gasteiger partial charge in [-0.25, -0.2) is 4.79 Å². The molecule has 6 heteroatoms. The first-order valence-corrected chi connectivity index (χ1v) is 9.47. The molecule has 2 aromatic rings. The number of halogens is 1. The molecule has 1 aliphatic carbocycles. The molecule has 26 heavy (non-hydrogen) atoms. The van der Waals surface area contributed by atoms with Crippen molar-refractivity contribution >= 4 is 27.9 Å². The van der Waals surface area contributed by atoms with Crippen LogP contribution in [0.1, 0.15) is 36.4 Å². The van der Waals surface area contributed by atoms with Crippen LogP contribution in [0.3, 0.4) is 0 Å². The standard InChI is InChI=1S/C20H22BrN3O2/c21-16-8-4-7-15(11-16)18(23-20(22)26)12-19(25)24(17-9-10-17)13-14-5-2-1-3-6-14/h1-8,11,17-18H,9-10,12-13H2,(H3,22,23,26). The molecule has 3 amide bonds. The number of benzene rings is 2. The maximum Gasteiger partial charge on any atom is 0.312 e. The molecule has 0 heterocycles. The molecule has 3 rings (SSSR count). The fourth-order valence-electron chi connectivity index (χ4n) is 3.03. The average molecular weight is 416 g/mol. The average Bonchev–Trinajstić information content (AvgIpc) is 3.44. The van der Waals surface area contributed by atoms with Crippen molar-refractivity contribution in [3.8, 4) is 0 Å². The van der Waals surface area contributed by atoms with E-state index >= 15 is 0 Å². The Morgan fingerprint density at radius 1 is 1.15 bits per heavy atom. The highest BCUT2D eigenvalue weighted by atomic mass is 79.9. The zero-order chi connectivity index (χ0) is 18.5. The third-order valence-corrected chi connectivity index (χ3v) is 4.94. The first kappa shape index (κ1) is 18.5. The predicted molar refractivity (Wildman–Crippen MR) is 104 cm³/mol. The number of nitrogens with two attached hydrogens (primary N) is 1. The van der Waals surface area contributed by atoms with Gasteiger partial charge in [0.25, 0.3) is 0 Å². The molecule has 3 N–H and O–H groups in total. The summed E-state index contributed by atoms with van der Waals surface area (Å²) in [7, 11) is 0. The molecule has 1 saturated carbocycles. The highest BCUT2D eigenvalue weighted by molar-refractivity contribution is 9.10. The van der Waals surface area contributed by atoms with E-state index in [1.54, 1.807) is 0 Å². The molecule has 1 aliphatic rings. The van der Waals surface area contributed by atoms with Crippen LogP contribution in [0.2, 0.25) is 0 Å². The van der Waals surface area contributed by atoms with E-state index in [2.05, 4.69) is 21.2 Å². The first-order valence-electron chi connectivity index (χ1n) is 8.68. The molecule has 1 fully saturated rings. The van der Waals surface area contributed by atoms with E-state index in [9.17, 15) is 9.59 Å². The maximum absolute atomic E-state index is 13.0. The second-order valence-corrected chi connectivity index (χ2v) is 7.47. The molecule has 0 aromatic heterocycles. The number of primary amides is 1. The van der Waals surface area contributed by atoms with Crippen molar-refractivity contribution in [3.05, 3.63) is 70.2 Å². The van der Waals surface area contributed by atoms with Crippen molar-refractivity contribution in [2.45, 2.75) is 37.9 Å². The van der Waals surface area contributed by atoms with E-state index in [1.807, 2.05) is 59.5 Å². The topological polar surface area (TPSA) is 75.4 Å². The number of hydrogen-bond donors (Lipinski definition) is 2. The Hall–Kier alpha value is -2.34. The Bertz CT molecular complexity index is 778. The van der Waals surface area contributed by atoms with Crippen molar-refractivity contribution in [2.24, 2.45) is 5.73 Å². The van der Waals surface area contributed by atoms with Gasteiger partial charge in [0.15, 0.2) is 0 Å². The van der Waals surface area contributed by atoms with Gasteiger partial charge in [0.05, 0.1) is 12.5 Å². The fraction of sp³-hybridized carbons (Fsp3) is 0.300. The van der Waals surface area contributed by atoms with Crippen molar-refractivity contribution in [1.82, 2.24) is 10.2 Å². The van der Waals surface area contributed by atoms with Crippen molar-refractivity contribution < 1.29 is 9.59 Å². The van der Waals surface area contributed by atoms with E-state index in [0.717, 1.165) is 28.4 Å². The summed E-state index contributed by atoms with van der Waals surface area (Å²) in [4.78, 5) is 26.4. The molecule has 0 bridgehead atoms. The quantitative estimate of drug-likeness (QED) is 0.722. The molecule has 1 unspecified atom stereocenters. The summed E-state index contributed by atoms with van der Waals surface area (Å²) in [6, 6.07) is 16.7. The number of carbonyl (C=O) groups excluding carboxylic acids is 2. The minimum Gasteiger partial charge on any atom is -0.352 e. The van der Waals surface area contributed by atoms with Crippen LogP contribution in [0.25, 0.3) is 0 Å². The van der Waals surface area contributed by atoms with Crippen molar-refractivity contribution in [1.29, 1.82) is 0 Å². The Morgan fingerprint density at radius 3 is 2.50 bits per heavy atom. The summed E-state index contributed by atoms with van der Waals surface area (Å²) in [5.74, 6) is 0.0232. The Morgan fingerprint density at radius 2 is 1.88 bits per heavy atom. The second kappa shape index (κ2) is 8.36. The van der Waals surface area contributed by atoms with E-state index in [1.165, 1.54) is 0 Å². The molecule has 0 spiro atoms. The summed E-state index contributed by atoms with van der Waals surface area (Å²) in [6.07, 6.45) is 2.25. The van der Waals surface area contributed by atoms with Gasteiger partial charge in [0, 0.05) is 17.1 Å². The van der Waals surface area contributed by atoms with Gasteiger partial charge in [-0.15, -0.1) is 0 Å². The summed E-state index contributed by atoms with van der Waals surface area (Å²) in [5.41, 5.74) is 7.28. The lowest BCUT2D eigenvalue weighted by Gasteiger charge is -2.26. The van der Waals surface area contributed by atoms with Crippen LogP contribution in [-0.4, -0.2) is 22.9 Å². The number of nitrogens with one attached hydrogen (secondary N) is 1. The van der Waals surface area contributed by atoms with Crippen molar-refractivity contribution in [3.63, 3.8) is 0 Å². The van der Waals surface area contributed by atoms with Gasteiger partial charge >= 0.3 is 6.03 Å². The van der Waals surface area contributed by atoms with Crippen LogP contribution in [0, 0.1) is 0 Å². The van der Waals surface area contributed by atoms with Crippen LogP contribution in [0.5, 0.6) is 0 Å². The van der Waals surface area contributed by atoms with E-state index in [4.69, 9.17) is 5.73 Å². The Labute approximate surface area is 161 Å². The minimum atomic E-state index is -0.635. The monoisotopic (exact) mass is 415 g/mol. The van der Waals surface area contributed by atoms with Gasteiger partial charge in [-0.2, -0.15) is 0 Å². The predicted octanol–water partition coefficient (Wildman–Crippen LogP) is 3.74. The maximum atomic E-state index is 13.0. The largest absolute Gasteiger partial charge is 0.352 e. The molecule has 2 aromatic carbocycles. The van der Waals surface area contributed by atoms with Gasteiger partial charge in [-0.05, 0) is 36.1 Å². The number of hydrogen-bond acceptors (Lipinski definition) is 2. The molecule has 0 saturated heterocycles. The Kier molecular flexibility index (Phi) is 5.93. The van der Waals surface area contributed by atoms with Gasteiger partial charge in [0.2, 0.25) is 5.91 Å². The molecule has 0 aliphatic heterocycles. The third-order valence-electron chi connectivity index (χ3n) is 4.45. The van der Waals surface area contributed by atoms with Gasteiger partial charge in [-0.3, -0.25) is 4.79 Å². The van der Waals surface area contributed by atoms with Gasteiger partial charge < -0.3 is 16.0 Å². The summed E-state index contributed by atoms with van der Waals surface area (Å²) in [6.45, 7) is 0.589. The highest BCUT2D eigenvalue weighted by Crippen LogP contribution is 2.30. The van der Waals surface area contributed by atoms with Crippen molar-refractivity contribution in [2.75, 3.05) is 0 Å². The number of rotatable bonds is 7. The molecule has 136 valence electrons. The molecular weight excluding hydrogens is 394 g/mol. The smallest absolute Gasteiger partial charge is 0.312 e. The van der Waals surface area contributed by atoms with Crippen LogP contribution < -0.4 is 11.1 Å². The SMILES string of the molecule is NC(=O)NC(CC(=O)N(Cc1ccccc1)C1CC1)c1cccc(Br)c1. The lowest BCUT2D eigenvalue weighted by atomic mass is 10.0. The van der Waals surface area contributed by atoms with E-state index in [-0.39, 0.29) is 12.3 Å². The number of amides is 3. The van der Waals surface area contributed by atoms with Crippen LogP contribution in [-0.2, 0) is 11.3 Å². The number of urea groups is 1. The Balaban J connectivity index is 1.75. The van der Waals surface area contributed by atoms with Gasteiger partial charge in [0.1, 0.15) is 0 Å². The molecule has 5 nitrogen and oxygen atoms in total. The summed E-state index contributed by atoms with van der Waals surface area (Å²) < 4.78 is 0.891. The fourth-order valence-corrected chi connectivity index (χ4v) is 3.44. The first-order chi connectivity index (χ1) is 12.5. The lowest BCUT2D eigenvalue weighted by molar-refractivity contribution is -0.133. The van der Waals surface area contributed by atoms with Gasteiger partial charge in [-0.1, -0.05) is 58.4 Å². The third kappa shape index (κ3) is 5.08. The summed E-state index contributed by atoms with van der Waals surface area (Å²) in [5, 5.41) is 2.70. The van der Waals surface area contributed by atoms with Crippen LogP contribution in [0.4, 0.5) is 4.79 Å². The van der Waals surface area contributed by atoms with E-state index in [0.29, 0.717) is 12.6 Å². The lowest BCUT2D eigenvalue weighted by Crippen LogP contribution is -2.39. The van der Waals surface area contributed by atoms with Crippen LogP contribution >= 0.6 is 15.9 Å². The number of carbonyl (C=O) groups is 2. The zero-order valence-corrected chi connectivity index (χ0v) is 16.0. The van der Waals surface area contributed by atoms with Crippen LogP contribution in [0.15, 0.2) is 59.1 Å². The molecule has 1 atom stereocenters. The normalized spacial score (nSPS) is 14.5. The second-order valence-electron chi connectivity index (χ2n) is 6.56.